The average molecular weight is 224 g/mol. The van der Waals surface area contributed by atoms with Crippen LogP contribution in [0.1, 0.15) is 63.6 Å². The molecule has 4 nitrogen and oxygen atoms in total. The summed E-state index contributed by atoms with van der Waals surface area (Å²) >= 11 is 0. The maximum absolute atomic E-state index is 6.08. The zero-order valence-corrected chi connectivity index (χ0v) is 10.5. The molecule has 0 fully saturated rings. The molecule has 0 aromatic carbocycles. The highest BCUT2D eigenvalue weighted by Crippen LogP contribution is 2.16. The van der Waals surface area contributed by atoms with Gasteiger partial charge in [-0.1, -0.05) is 50.7 Å². The Morgan fingerprint density at radius 3 is 2.56 bits per heavy atom. The first kappa shape index (κ1) is 13.2. The van der Waals surface area contributed by atoms with Crippen LogP contribution < -0.4 is 5.73 Å². The van der Waals surface area contributed by atoms with Crippen molar-refractivity contribution in [3.8, 4) is 0 Å². The van der Waals surface area contributed by atoms with Gasteiger partial charge in [-0.3, -0.25) is 4.68 Å². The normalized spacial score (nSPS) is 12.9. The van der Waals surface area contributed by atoms with Crippen molar-refractivity contribution in [1.29, 1.82) is 0 Å². The van der Waals surface area contributed by atoms with Crippen LogP contribution in [-0.4, -0.2) is 15.0 Å². The maximum Gasteiger partial charge on any atom is 0.0751 e. The molecule has 0 saturated heterocycles. The van der Waals surface area contributed by atoms with E-state index in [1.54, 1.807) is 10.9 Å². The molecular formula is C12H24N4. The van der Waals surface area contributed by atoms with Crippen molar-refractivity contribution in [2.75, 3.05) is 0 Å². The molecule has 0 radical (unpaired) electrons. The molecule has 4 heteroatoms. The number of aromatic nitrogens is 3. The van der Waals surface area contributed by atoms with Crippen LogP contribution in [0.5, 0.6) is 0 Å². The molecule has 1 aromatic heterocycles. The van der Waals surface area contributed by atoms with E-state index in [4.69, 9.17) is 5.73 Å². The van der Waals surface area contributed by atoms with Crippen molar-refractivity contribution >= 4 is 0 Å². The molecule has 0 aliphatic rings. The van der Waals surface area contributed by atoms with Crippen LogP contribution in [0, 0.1) is 0 Å². The molecule has 1 aromatic rings. The van der Waals surface area contributed by atoms with Crippen molar-refractivity contribution in [3.63, 3.8) is 0 Å². The Morgan fingerprint density at radius 2 is 1.94 bits per heavy atom. The van der Waals surface area contributed by atoms with Crippen molar-refractivity contribution in [2.24, 2.45) is 12.8 Å². The van der Waals surface area contributed by atoms with Gasteiger partial charge >= 0.3 is 0 Å². The summed E-state index contributed by atoms with van der Waals surface area (Å²) in [7, 11) is 1.89. The van der Waals surface area contributed by atoms with E-state index in [-0.39, 0.29) is 6.04 Å². The van der Waals surface area contributed by atoms with E-state index in [0.29, 0.717) is 0 Å². The van der Waals surface area contributed by atoms with Gasteiger partial charge in [-0.05, 0) is 6.42 Å². The van der Waals surface area contributed by atoms with Gasteiger partial charge in [0.05, 0.1) is 11.9 Å². The second-order valence-electron chi connectivity index (χ2n) is 4.45. The molecule has 1 rings (SSSR count). The zero-order chi connectivity index (χ0) is 11.8. The van der Waals surface area contributed by atoms with Crippen LogP contribution >= 0.6 is 0 Å². The van der Waals surface area contributed by atoms with Crippen LogP contribution in [0.2, 0.25) is 0 Å². The molecule has 1 heterocycles. The van der Waals surface area contributed by atoms with Gasteiger partial charge in [0.2, 0.25) is 0 Å². The Kier molecular flexibility index (Phi) is 6.08. The van der Waals surface area contributed by atoms with Crippen molar-refractivity contribution in [1.82, 2.24) is 15.0 Å². The predicted molar refractivity (Wildman–Crippen MR) is 65.9 cm³/mol. The zero-order valence-electron chi connectivity index (χ0n) is 10.5. The highest BCUT2D eigenvalue weighted by atomic mass is 15.4. The first-order valence-electron chi connectivity index (χ1n) is 6.36. The molecule has 0 amide bonds. The lowest BCUT2D eigenvalue weighted by molar-refractivity contribution is 0.522. The third-order valence-electron chi connectivity index (χ3n) is 3.00. The van der Waals surface area contributed by atoms with Gasteiger partial charge in [0.1, 0.15) is 0 Å². The van der Waals surface area contributed by atoms with E-state index >= 15 is 0 Å². The molecule has 2 N–H and O–H groups in total. The van der Waals surface area contributed by atoms with E-state index in [2.05, 4.69) is 17.2 Å². The highest BCUT2D eigenvalue weighted by molar-refractivity contribution is 5.00. The minimum absolute atomic E-state index is 0.0891. The molecule has 1 unspecified atom stereocenters. The molecule has 0 saturated carbocycles. The molecular weight excluding hydrogens is 200 g/mol. The summed E-state index contributed by atoms with van der Waals surface area (Å²) in [5, 5.41) is 7.74. The van der Waals surface area contributed by atoms with Crippen molar-refractivity contribution < 1.29 is 0 Å². The summed E-state index contributed by atoms with van der Waals surface area (Å²) in [5.74, 6) is 0. The van der Waals surface area contributed by atoms with Crippen LogP contribution in [0.25, 0.3) is 0 Å². The van der Waals surface area contributed by atoms with E-state index in [1.807, 2.05) is 7.05 Å². The summed E-state index contributed by atoms with van der Waals surface area (Å²) in [6.07, 6.45) is 10.7. The van der Waals surface area contributed by atoms with Gasteiger partial charge in [-0.2, -0.15) is 0 Å². The smallest absolute Gasteiger partial charge is 0.0751 e. The Bertz CT molecular complexity index is 282. The largest absolute Gasteiger partial charge is 0.323 e. The standard InChI is InChI=1S/C12H24N4/c1-3-4-5-6-7-8-9-11(13)12-10-14-15-16(12)2/h10-11H,3-9,13H2,1-2H3. The van der Waals surface area contributed by atoms with Crippen LogP contribution in [0.3, 0.4) is 0 Å². The summed E-state index contributed by atoms with van der Waals surface area (Å²) < 4.78 is 1.77. The van der Waals surface area contributed by atoms with Gasteiger partial charge in [-0.25, -0.2) is 0 Å². The van der Waals surface area contributed by atoms with Crippen molar-refractivity contribution in [2.45, 2.75) is 57.9 Å². The SMILES string of the molecule is CCCCCCCCC(N)c1cnnn1C. The Morgan fingerprint density at radius 1 is 1.25 bits per heavy atom. The van der Waals surface area contributed by atoms with Crippen LogP contribution in [0.15, 0.2) is 6.20 Å². The fourth-order valence-corrected chi connectivity index (χ4v) is 1.93. The number of aryl methyl sites for hydroxylation is 1. The summed E-state index contributed by atoms with van der Waals surface area (Å²) in [6, 6.07) is 0.0891. The molecule has 0 aliphatic carbocycles. The van der Waals surface area contributed by atoms with Crippen LogP contribution in [-0.2, 0) is 7.05 Å². The third-order valence-corrected chi connectivity index (χ3v) is 3.00. The Hall–Kier alpha value is -0.900. The average Bonchev–Trinajstić information content (AvgIpc) is 2.69. The molecule has 0 spiro atoms. The van der Waals surface area contributed by atoms with Gasteiger partial charge in [-0.15, -0.1) is 5.10 Å². The maximum atomic E-state index is 6.08. The number of hydrogen-bond donors (Lipinski definition) is 1. The minimum atomic E-state index is 0.0891. The number of rotatable bonds is 8. The lowest BCUT2D eigenvalue weighted by atomic mass is 10.0. The van der Waals surface area contributed by atoms with E-state index < -0.39 is 0 Å². The van der Waals surface area contributed by atoms with Gasteiger partial charge < -0.3 is 5.73 Å². The number of nitrogens with zero attached hydrogens (tertiary/aromatic N) is 3. The molecule has 92 valence electrons. The van der Waals surface area contributed by atoms with Crippen LogP contribution in [0.4, 0.5) is 0 Å². The quantitative estimate of drug-likeness (QED) is 0.690. The Labute approximate surface area is 98.2 Å². The fraction of sp³-hybridized carbons (Fsp3) is 0.833. The van der Waals surface area contributed by atoms with E-state index in [1.165, 1.54) is 38.5 Å². The monoisotopic (exact) mass is 224 g/mol. The molecule has 0 aliphatic heterocycles. The van der Waals surface area contributed by atoms with E-state index in [0.717, 1.165) is 12.1 Å². The lowest BCUT2D eigenvalue weighted by Gasteiger charge is -2.10. The number of hydrogen-bond acceptors (Lipinski definition) is 3. The lowest BCUT2D eigenvalue weighted by Crippen LogP contribution is -2.14. The minimum Gasteiger partial charge on any atom is -0.323 e. The molecule has 1 atom stereocenters. The second-order valence-corrected chi connectivity index (χ2v) is 4.45. The topological polar surface area (TPSA) is 56.7 Å². The Balaban J connectivity index is 2.11. The molecule has 0 bridgehead atoms. The summed E-state index contributed by atoms with van der Waals surface area (Å²) in [4.78, 5) is 0. The van der Waals surface area contributed by atoms with Crippen molar-refractivity contribution in [3.05, 3.63) is 11.9 Å². The summed E-state index contributed by atoms with van der Waals surface area (Å²) in [6.45, 7) is 2.24. The van der Waals surface area contributed by atoms with E-state index in [9.17, 15) is 0 Å². The first-order valence-corrected chi connectivity index (χ1v) is 6.36. The van der Waals surface area contributed by atoms with Gasteiger partial charge in [0.25, 0.3) is 0 Å². The predicted octanol–water partition coefficient (Wildman–Crippen LogP) is 2.57. The van der Waals surface area contributed by atoms with Gasteiger partial charge in [0.15, 0.2) is 0 Å². The second kappa shape index (κ2) is 7.39. The highest BCUT2D eigenvalue weighted by Gasteiger charge is 2.09. The number of unbranched alkanes of at least 4 members (excludes halogenated alkanes) is 5. The number of nitrogens with two attached hydrogens (primary N) is 1. The fourth-order valence-electron chi connectivity index (χ4n) is 1.93. The first-order chi connectivity index (χ1) is 7.75. The molecule has 16 heavy (non-hydrogen) atoms. The van der Waals surface area contributed by atoms with Gasteiger partial charge in [0, 0.05) is 13.1 Å². The third kappa shape index (κ3) is 4.31. The summed E-state index contributed by atoms with van der Waals surface area (Å²) in [5.41, 5.74) is 7.12.